The molecule has 0 saturated carbocycles. The zero-order chi connectivity index (χ0) is 23.9. The van der Waals surface area contributed by atoms with Crippen LogP contribution in [-0.2, 0) is 17.9 Å². The first-order chi connectivity index (χ1) is 16.5. The summed E-state index contributed by atoms with van der Waals surface area (Å²) < 4.78 is 10.9. The third-order valence-corrected chi connectivity index (χ3v) is 6.26. The van der Waals surface area contributed by atoms with E-state index in [-0.39, 0.29) is 25.8 Å². The van der Waals surface area contributed by atoms with Crippen LogP contribution >= 0.6 is 22.9 Å². The molecule has 0 spiro atoms. The zero-order valence-electron chi connectivity index (χ0n) is 18.4. The highest BCUT2D eigenvalue weighted by Crippen LogP contribution is 2.33. The van der Waals surface area contributed by atoms with Gasteiger partial charge in [-0.3, -0.25) is 4.79 Å². The Balaban J connectivity index is 1.48. The predicted octanol–water partition coefficient (Wildman–Crippen LogP) is 5.38. The topological polar surface area (TPSA) is 71.1 Å². The number of carbonyl (C=O) groups excluding carboxylic acids is 2. The Morgan fingerprint density at radius 1 is 1.06 bits per heavy atom. The van der Waals surface area contributed by atoms with Crippen molar-refractivity contribution in [3.8, 4) is 11.5 Å². The molecule has 3 aromatic rings. The minimum Gasteiger partial charge on any atom is -0.454 e. The van der Waals surface area contributed by atoms with Gasteiger partial charge in [-0.2, -0.15) is 0 Å². The van der Waals surface area contributed by atoms with Crippen molar-refractivity contribution in [3.63, 3.8) is 0 Å². The maximum absolute atomic E-state index is 13.4. The second-order valence-electron chi connectivity index (χ2n) is 7.62. The molecular weight excluding hydrogens is 474 g/mol. The van der Waals surface area contributed by atoms with Crippen molar-refractivity contribution in [3.05, 3.63) is 88.1 Å². The van der Waals surface area contributed by atoms with E-state index in [0.29, 0.717) is 35.3 Å². The zero-order valence-corrected chi connectivity index (χ0v) is 20.0. The molecular formula is C25H24ClN3O4S. The van der Waals surface area contributed by atoms with Crippen LogP contribution in [0.2, 0.25) is 5.02 Å². The SMILES string of the molecule is C=CCN(CC(=O)N(Cc1ccc2c(c1)OCO2)Cc1cccs1)C(=O)Nc1ccc(Cl)cc1. The number of halogens is 1. The highest BCUT2D eigenvalue weighted by Gasteiger charge is 2.23. The van der Waals surface area contributed by atoms with Crippen LogP contribution in [0.15, 0.2) is 72.6 Å². The van der Waals surface area contributed by atoms with Gasteiger partial charge >= 0.3 is 6.03 Å². The maximum atomic E-state index is 13.4. The first-order valence-corrected chi connectivity index (χ1v) is 11.9. The fourth-order valence-electron chi connectivity index (χ4n) is 3.46. The van der Waals surface area contributed by atoms with E-state index in [1.165, 1.54) is 4.90 Å². The van der Waals surface area contributed by atoms with Crippen molar-refractivity contribution in [2.75, 3.05) is 25.2 Å². The van der Waals surface area contributed by atoms with Crippen molar-refractivity contribution in [2.24, 2.45) is 0 Å². The van der Waals surface area contributed by atoms with Gasteiger partial charge in [-0.05, 0) is 53.4 Å². The second kappa shape index (κ2) is 11.1. The number of carbonyl (C=O) groups is 2. The average molecular weight is 498 g/mol. The van der Waals surface area contributed by atoms with Gasteiger partial charge in [0.2, 0.25) is 12.7 Å². The number of hydrogen-bond acceptors (Lipinski definition) is 5. The van der Waals surface area contributed by atoms with Gasteiger partial charge in [-0.1, -0.05) is 29.8 Å². The monoisotopic (exact) mass is 497 g/mol. The number of thiophene rings is 1. The molecule has 1 N–H and O–H groups in total. The molecule has 0 radical (unpaired) electrons. The lowest BCUT2D eigenvalue weighted by molar-refractivity contribution is -0.132. The van der Waals surface area contributed by atoms with Crippen molar-refractivity contribution in [1.29, 1.82) is 0 Å². The summed E-state index contributed by atoms with van der Waals surface area (Å²) in [5, 5.41) is 5.35. The Labute approximate surface area is 207 Å². The molecule has 1 aliphatic heterocycles. The molecule has 9 heteroatoms. The molecule has 1 aliphatic rings. The minimum atomic E-state index is -0.394. The van der Waals surface area contributed by atoms with E-state index in [1.54, 1.807) is 46.6 Å². The number of hydrogen-bond donors (Lipinski definition) is 1. The van der Waals surface area contributed by atoms with Crippen LogP contribution in [-0.4, -0.2) is 41.6 Å². The minimum absolute atomic E-state index is 0.0959. The van der Waals surface area contributed by atoms with Gasteiger partial charge < -0.3 is 24.6 Å². The molecule has 176 valence electrons. The summed E-state index contributed by atoms with van der Waals surface area (Å²) in [6.45, 7) is 4.85. The van der Waals surface area contributed by atoms with E-state index >= 15 is 0 Å². The number of rotatable bonds is 9. The van der Waals surface area contributed by atoms with E-state index in [2.05, 4.69) is 11.9 Å². The van der Waals surface area contributed by atoms with E-state index in [4.69, 9.17) is 21.1 Å². The lowest BCUT2D eigenvalue weighted by atomic mass is 10.2. The highest BCUT2D eigenvalue weighted by atomic mass is 35.5. The molecule has 34 heavy (non-hydrogen) atoms. The van der Waals surface area contributed by atoms with Gasteiger partial charge in [-0.25, -0.2) is 4.79 Å². The largest absolute Gasteiger partial charge is 0.454 e. The average Bonchev–Trinajstić information content (AvgIpc) is 3.51. The van der Waals surface area contributed by atoms with Crippen molar-refractivity contribution < 1.29 is 19.1 Å². The van der Waals surface area contributed by atoms with Crippen LogP contribution in [0.1, 0.15) is 10.4 Å². The third-order valence-electron chi connectivity index (χ3n) is 5.15. The van der Waals surface area contributed by atoms with E-state index in [1.807, 2.05) is 35.7 Å². The van der Waals surface area contributed by atoms with Gasteiger partial charge in [0.1, 0.15) is 6.54 Å². The van der Waals surface area contributed by atoms with Crippen LogP contribution in [0, 0.1) is 0 Å². The Hall–Kier alpha value is -3.49. The Bertz CT molecular complexity index is 1150. The summed E-state index contributed by atoms with van der Waals surface area (Å²) in [6, 6.07) is 16.0. The first kappa shape index (κ1) is 23.7. The molecule has 4 rings (SSSR count). The summed E-state index contributed by atoms with van der Waals surface area (Å²) in [5.41, 5.74) is 1.50. The molecule has 0 fully saturated rings. The standard InChI is InChI=1S/C25H24ClN3O4S/c1-2-11-28(25(31)27-20-8-6-19(26)7-9-20)16-24(30)29(15-21-4-3-12-34-21)14-18-5-10-22-23(13-18)33-17-32-22/h2-10,12-13H,1,11,14-17H2,(H,27,31). The number of fused-ring (bicyclic) bond motifs is 1. The van der Waals surface area contributed by atoms with Crippen LogP contribution in [0.25, 0.3) is 0 Å². The molecule has 1 aromatic heterocycles. The fourth-order valence-corrected chi connectivity index (χ4v) is 4.30. The molecule has 7 nitrogen and oxygen atoms in total. The van der Waals surface area contributed by atoms with Gasteiger partial charge in [0, 0.05) is 28.7 Å². The summed E-state index contributed by atoms with van der Waals surface area (Å²) in [4.78, 5) is 30.5. The van der Waals surface area contributed by atoms with Crippen LogP contribution in [0.4, 0.5) is 10.5 Å². The highest BCUT2D eigenvalue weighted by molar-refractivity contribution is 7.09. The molecule has 2 aromatic carbocycles. The molecule has 0 saturated heterocycles. The van der Waals surface area contributed by atoms with Crippen LogP contribution < -0.4 is 14.8 Å². The fraction of sp³-hybridized carbons (Fsp3) is 0.200. The summed E-state index contributed by atoms with van der Waals surface area (Å²) in [5.74, 6) is 1.17. The lowest BCUT2D eigenvalue weighted by Gasteiger charge is -2.27. The number of benzene rings is 2. The number of anilines is 1. The van der Waals surface area contributed by atoms with E-state index < -0.39 is 6.03 Å². The molecule has 0 bridgehead atoms. The summed E-state index contributed by atoms with van der Waals surface area (Å²) in [7, 11) is 0. The van der Waals surface area contributed by atoms with E-state index in [0.717, 1.165) is 10.4 Å². The van der Waals surface area contributed by atoms with Gasteiger partial charge in [-0.15, -0.1) is 17.9 Å². The predicted molar refractivity (Wildman–Crippen MR) is 133 cm³/mol. The van der Waals surface area contributed by atoms with Crippen LogP contribution in [0.5, 0.6) is 11.5 Å². The Morgan fingerprint density at radius 2 is 1.85 bits per heavy atom. The van der Waals surface area contributed by atoms with Crippen molar-refractivity contribution >= 4 is 40.6 Å². The Kier molecular flexibility index (Phi) is 7.72. The number of urea groups is 1. The van der Waals surface area contributed by atoms with Gasteiger partial charge in [0.15, 0.2) is 11.5 Å². The van der Waals surface area contributed by atoms with Crippen molar-refractivity contribution in [1.82, 2.24) is 9.80 Å². The lowest BCUT2D eigenvalue weighted by Crippen LogP contribution is -2.44. The molecule has 3 amide bonds. The molecule has 0 atom stereocenters. The number of ether oxygens (including phenoxy) is 2. The van der Waals surface area contributed by atoms with E-state index in [9.17, 15) is 9.59 Å². The third kappa shape index (κ3) is 6.09. The maximum Gasteiger partial charge on any atom is 0.322 e. The normalized spacial score (nSPS) is 11.7. The number of nitrogens with one attached hydrogen (secondary N) is 1. The quantitative estimate of drug-likeness (QED) is 0.403. The van der Waals surface area contributed by atoms with Crippen LogP contribution in [0.3, 0.4) is 0 Å². The summed E-state index contributed by atoms with van der Waals surface area (Å²) >= 11 is 7.50. The summed E-state index contributed by atoms with van der Waals surface area (Å²) in [6.07, 6.45) is 1.59. The smallest absolute Gasteiger partial charge is 0.322 e. The van der Waals surface area contributed by atoms with Gasteiger partial charge in [0.05, 0.1) is 6.54 Å². The van der Waals surface area contributed by atoms with Crippen molar-refractivity contribution in [2.45, 2.75) is 13.1 Å². The number of nitrogens with zero attached hydrogens (tertiary/aromatic N) is 2. The molecule has 0 aliphatic carbocycles. The van der Waals surface area contributed by atoms with Gasteiger partial charge in [0.25, 0.3) is 0 Å². The number of amides is 3. The molecule has 0 unspecified atom stereocenters. The second-order valence-corrected chi connectivity index (χ2v) is 9.09. The Morgan fingerprint density at radius 3 is 2.59 bits per heavy atom. The molecule has 2 heterocycles. The first-order valence-electron chi connectivity index (χ1n) is 10.6.